The fourth-order valence-corrected chi connectivity index (χ4v) is 2.77. The van der Waals surface area contributed by atoms with Crippen molar-refractivity contribution in [1.82, 2.24) is 14.9 Å². The molecule has 0 saturated heterocycles. The molecule has 104 valence electrons. The lowest BCUT2D eigenvalue weighted by Gasteiger charge is -2.15. The molecule has 1 atom stereocenters. The summed E-state index contributed by atoms with van der Waals surface area (Å²) in [6.45, 7) is 1.05. The summed E-state index contributed by atoms with van der Waals surface area (Å²) in [6, 6.07) is -1.27. The van der Waals surface area contributed by atoms with Crippen LogP contribution < -0.4 is 10.5 Å². The van der Waals surface area contributed by atoms with Crippen molar-refractivity contribution in [2.24, 2.45) is 5.73 Å². The van der Waals surface area contributed by atoms with Crippen LogP contribution >= 0.6 is 0 Å². The fourth-order valence-electron chi connectivity index (χ4n) is 1.39. The van der Waals surface area contributed by atoms with Gasteiger partial charge in [-0.15, -0.1) is 0 Å². The number of nitrogens with two attached hydrogens (primary N) is 1. The molecular formula is C8H13F3N4O2S. The number of halogens is 3. The van der Waals surface area contributed by atoms with Crippen LogP contribution in [0.25, 0.3) is 0 Å². The van der Waals surface area contributed by atoms with Gasteiger partial charge < -0.3 is 5.73 Å². The molecule has 0 bridgehead atoms. The Hall–Kier alpha value is -1.13. The van der Waals surface area contributed by atoms with Crippen LogP contribution in [0.1, 0.15) is 18.9 Å². The number of aromatic nitrogens is 2. The molecule has 0 saturated carbocycles. The van der Waals surface area contributed by atoms with Gasteiger partial charge in [0.15, 0.2) is 5.03 Å². The Morgan fingerprint density at radius 1 is 1.56 bits per heavy atom. The van der Waals surface area contributed by atoms with Crippen molar-refractivity contribution in [3.63, 3.8) is 0 Å². The standard InChI is InChI=1S/C8H13F3N4O2S/c1-5(2-8(9,10)11)15-18(16,17)7-6(3-12)4-13-14-7/h4-5,15H,2-3,12H2,1H3,(H,13,14). The molecule has 1 heterocycles. The lowest BCUT2D eigenvalue weighted by molar-refractivity contribution is -0.137. The van der Waals surface area contributed by atoms with E-state index in [2.05, 4.69) is 10.2 Å². The van der Waals surface area contributed by atoms with E-state index in [1.165, 1.54) is 6.20 Å². The molecule has 4 N–H and O–H groups in total. The zero-order valence-electron chi connectivity index (χ0n) is 9.45. The van der Waals surface area contributed by atoms with E-state index in [-0.39, 0.29) is 17.1 Å². The lowest BCUT2D eigenvalue weighted by atomic mass is 10.2. The van der Waals surface area contributed by atoms with Gasteiger partial charge in [0.05, 0.1) is 12.6 Å². The maximum absolute atomic E-state index is 12.1. The average molecular weight is 286 g/mol. The minimum atomic E-state index is -4.44. The highest BCUT2D eigenvalue weighted by molar-refractivity contribution is 7.89. The number of alkyl halides is 3. The number of nitrogens with one attached hydrogen (secondary N) is 2. The molecule has 0 aliphatic rings. The normalized spacial score (nSPS) is 14.7. The number of rotatable bonds is 5. The van der Waals surface area contributed by atoms with Crippen LogP contribution in [0.3, 0.4) is 0 Å². The largest absolute Gasteiger partial charge is 0.390 e. The van der Waals surface area contributed by atoms with Crippen LogP contribution in [0.15, 0.2) is 11.2 Å². The van der Waals surface area contributed by atoms with Crippen molar-refractivity contribution in [2.75, 3.05) is 0 Å². The Bertz CT molecular complexity index is 497. The molecule has 1 aromatic rings. The van der Waals surface area contributed by atoms with Gasteiger partial charge in [-0.3, -0.25) is 5.10 Å². The van der Waals surface area contributed by atoms with E-state index in [1.807, 2.05) is 4.72 Å². The van der Waals surface area contributed by atoms with Gasteiger partial charge in [0, 0.05) is 18.2 Å². The monoisotopic (exact) mass is 286 g/mol. The molecule has 0 amide bonds. The van der Waals surface area contributed by atoms with E-state index >= 15 is 0 Å². The van der Waals surface area contributed by atoms with Gasteiger partial charge >= 0.3 is 6.18 Å². The van der Waals surface area contributed by atoms with E-state index in [4.69, 9.17) is 5.73 Å². The number of H-pyrrole nitrogens is 1. The molecule has 0 fully saturated rings. The Balaban J connectivity index is 2.83. The quantitative estimate of drug-likeness (QED) is 0.733. The molecule has 0 aromatic carbocycles. The Morgan fingerprint density at radius 3 is 2.67 bits per heavy atom. The average Bonchev–Trinajstić information content (AvgIpc) is 2.61. The second kappa shape index (κ2) is 5.24. The number of hydrogen-bond donors (Lipinski definition) is 3. The SMILES string of the molecule is CC(CC(F)(F)F)NS(=O)(=O)c1[nH]ncc1CN. The van der Waals surface area contributed by atoms with Gasteiger partial charge in [-0.1, -0.05) is 0 Å². The van der Waals surface area contributed by atoms with Crippen molar-refractivity contribution in [1.29, 1.82) is 0 Å². The number of nitrogens with zero attached hydrogens (tertiary/aromatic N) is 1. The van der Waals surface area contributed by atoms with Crippen LogP contribution in [0.5, 0.6) is 0 Å². The van der Waals surface area contributed by atoms with Crippen LogP contribution in [-0.2, 0) is 16.6 Å². The van der Waals surface area contributed by atoms with Crippen molar-refractivity contribution in [2.45, 2.75) is 37.1 Å². The molecule has 1 unspecified atom stereocenters. The Kier molecular flexibility index (Phi) is 4.35. The summed E-state index contributed by atoms with van der Waals surface area (Å²) < 4.78 is 61.7. The summed E-state index contributed by atoms with van der Waals surface area (Å²) in [4.78, 5) is 0. The van der Waals surface area contributed by atoms with E-state index in [0.717, 1.165) is 6.92 Å². The first-order chi connectivity index (χ1) is 8.15. The first-order valence-corrected chi connectivity index (χ1v) is 6.45. The predicted molar refractivity (Wildman–Crippen MR) is 56.9 cm³/mol. The van der Waals surface area contributed by atoms with Crippen LogP contribution in [0.4, 0.5) is 13.2 Å². The second-order valence-corrected chi connectivity index (χ2v) is 5.42. The summed E-state index contributed by atoms with van der Waals surface area (Å²) in [5.41, 5.74) is 5.50. The number of hydrogen-bond acceptors (Lipinski definition) is 4. The third-order valence-electron chi connectivity index (χ3n) is 2.06. The van der Waals surface area contributed by atoms with Crippen molar-refractivity contribution < 1.29 is 21.6 Å². The van der Waals surface area contributed by atoms with Crippen molar-refractivity contribution in [3.05, 3.63) is 11.8 Å². The third kappa shape index (κ3) is 3.96. The maximum Gasteiger partial charge on any atom is 0.390 e. The van der Waals surface area contributed by atoms with Gasteiger partial charge in [-0.05, 0) is 6.92 Å². The molecular weight excluding hydrogens is 273 g/mol. The first-order valence-electron chi connectivity index (χ1n) is 4.97. The molecule has 1 aromatic heterocycles. The summed E-state index contributed by atoms with van der Waals surface area (Å²) in [5.74, 6) is 0. The summed E-state index contributed by atoms with van der Waals surface area (Å²) >= 11 is 0. The van der Waals surface area contributed by atoms with Crippen LogP contribution in [0, 0.1) is 0 Å². The number of aromatic amines is 1. The summed E-state index contributed by atoms with van der Waals surface area (Å²) in [7, 11) is -4.08. The number of sulfonamides is 1. The topological polar surface area (TPSA) is 101 Å². The zero-order valence-corrected chi connectivity index (χ0v) is 10.3. The van der Waals surface area contributed by atoms with E-state index in [9.17, 15) is 21.6 Å². The van der Waals surface area contributed by atoms with E-state index in [1.54, 1.807) is 0 Å². The smallest absolute Gasteiger partial charge is 0.326 e. The Labute approximate surface area is 102 Å². The van der Waals surface area contributed by atoms with Crippen LogP contribution in [0.2, 0.25) is 0 Å². The minimum Gasteiger partial charge on any atom is -0.326 e. The molecule has 0 radical (unpaired) electrons. The van der Waals surface area contributed by atoms with Crippen molar-refractivity contribution in [3.8, 4) is 0 Å². The third-order valence-corrected chi connectivity index (χ3v) is 3.66. The van der Waals surface area contributed by atoms with Gasteiger partial charge in [0.25, 0.3) is 10.0 Å². The molecule has 0 aliphatic carbocycles. The second-order valence-electron chi connectivity index (χ2n) is 3.77. The summed E-state index contributed by atoms with van der Waals surface area (Å²) in [5, 5.41) is 5.39. The molecule has 10 heteroatoms. The molecule has 18 heavy (non-hydrogen) atoms. The van der Waals surface area contributed by atoms with Gasteiger partial charge in [0.1, 0.15) is 0 Å². The Morgan fingerprint density at radius 2 is 2.17 bits per heavy atom. The van der Waals surface area contributed by atoms with Gasteiger partial charge in [0.2, 0.25) is 0 Å². The first kappa shape index (κ1) is 14.9. The molecule has 0 aliphatic heterocycles. The predicted octanol–water partition coefficient (Wildman–Crippen LogP) is 0.488. The fraction of sp³-hybridized carbons (Fsp3) is 0.625. The highest BCUT2D eigenvalue weighted by atomic mass is 32.2. The molecule has 0 spiro atoms. The van der Waals surface area contributed by atoms with Gasteiger partial charge in [-0.2, -0.15) is 18.3 Å². The highest BCUT2D eigenvalue weighted by Gasteiger charge is 2.32. The summed E-state index contributed by atoms with van der Waals surface area (Å²) in [6.07, 6.45) is -4.48. The maximum atomic E-state index is 12.1. The van der Waals surface area contributed by atoms with Gasteiger partial charge in [-0.25, -0.2) is 13.1 Å². The minimum absolute atomic E-state index is 0.0829. The molecule has 6 nitrogen and oxygen atoms in total. The van der Waals surface area contributed by atoms with E-state index in [0.29, 0.717) is 0 Å². The highest BCUT2D eigenvalue weighted by Crippen LogP contribution is 2.22. The van der Waals surface area contributed by atoms with E-state index < -0.39 is 28.7 Å². The molecule has 1 rings (SSSR count). The van der Waals surface area contributed by atoms with Crippen molar-refractivity contribution >= 4 is 10.0 Å². The van der Waals surface area contributed by atoms with Crippen LogP contribution in [-0.4, -0.2) is 30.8 Å². The zero-order chi connectivity index (χ0) is 14.0. The lowest BCUT2D eigenvalue weighted by Crippen LogP contribution is -2.36.